The van der Waals surface area contributed by atoms with Gasteiger partial charge in [0.2, 0.25) is 0 Å². The topological polar surface area (TPSA) is 51.1 Å². The highest BCUT2D eigenvalue weighted by Crippen LogP contribution is 2.40. The van der Waals surface area contributed by atoms with Crippen LogP contribution in [0.3, 0.4) is 0 Å². The number of halogens is 2. The number of benzene rings is 4. The van der Waals surface area contributed by atoms with Gasteiger partial charge in [-0.25, -0.2) is 4.99 Å². The summed E-state index contributed by atoms with van der Waals surface area (Å²) < 4.78 is 12.7. The summed E-state index contributed by atoms with van der Waals surface area (Å²) in [6, 6.07) is 25.5. The van der Waals surface area contributed by atoms with Crippen molar-refractivity contribution in [2.24, 2.45) is 10.9 Å². The normalized spacial score (nSPS) is 15.6. The van der Waals surface area contributed by atoms with Gasteiger partial charge in [-0.3, -0.25) is 9.69 Å². The lowest BCUT2D eigenvalue weighted by Gasteiger charge is -2.17. The summed E-state index contributed by atoms with van der Waals surface area (Å²) in [4.78, 5) is 20.5. The van der Waals surface area contributed by atoms with Crippen LogP contribution in [0.1, 0.15) is 25.0 Å². The van der Waals surface area contributed by atoms with Crippen molar-refractivity contribution in [1.82, 2.24) is 4.90 Å². The minimum absolute atomic E-state index is 0.0715. The van der Waals surface area contributed by atoms with Crippen LogP contribution in [0.4, 0.5) is 5.69 Å². The van der Waals surface area contributed by atoms with Gasteiger partial charge >= 0.3 is 0 Å². The molecule has 1 heterocycles. The Morgan fingerprint density at radius 3 is 2.55 bits per heavy atom. The number of nitrogens with zero attached hydrogens (tertiary/aromatic N) is 2. The number of fused-ring (bicyclic) bond motifs is 1. The predicted molar refractivity (Wildman–Crippen MR) is 170 cm³/mol. The Hall–Kier alpha value is -3.26. The third-order valence-electron chi connectivity index (χ3n) is 6.29. The fraction of sp³-hybridized carbons (Fsp3) is 0.188. The zero-order valence-corrected chi connectivity index (χ0v) is 25.5. The summed E-state index contributed by atoms with van der Waals surface area (Å²) in [6.07, 6.45) is 1.87. The molecule has 5 nitrogen and oxygen atoms in total. The van der Waals surface area contributed by atoms with Crippen molar-refractivity contribution in [3.63, 3.8) is 0 Å². The summed E-state index contributed by atoms with van der Waals surface area (Å²) in [6.45, 7) is 5.13. The van der Waals surface area contributed by atoms with E-state index >= 15 is 0 Å². The molecule has 1 aliphatic heterocycles. The second-order valence-corrected chi connectivity index (χ2v) is 12.1. The molecule has 1 aliphatic rings. The van der Waals surface area contributed by atoms with Crippen molar-refractivity contribution in [1.29, 1.82) is 0 Å². The monoisotopic (exact) mass is 634 g/mol. The summed E-state index contributed by atoms with van der Waals surface area (Å²) in [5.74, 6) is 1.39. The van der Waals surface area contributed by atoms with Crippen molar-refractivity contribution < 1.29 is 14.3 Å². The number of carbonyl (C=O) groups is 1. The SMILES string of the molecule is COc1cc(/C=C2\SC(=Nc3ccc(Cl)cc3)N(CC(C)C)C2=O)cc(Br)c1OCc1cccc2ccccc12. The molecule has 0 saturated carbocycles. The van der Waals surface area contributed by atoms with Crippen LogP contribution in [-0.2, 0) is 11.4 Å². The zero-order chi connectivity index (χ0) is 28.2. The first-order valence-electron chi connectivity index (χ1n) is 12.8. The average Bonchev–Trinajstić information content (AvgIpc) is 3.21. The van der Waals surface area contributed by atoms with Gasteiger partial charge in [-0.1, -0.05) is 67.9 Å². The Balaban J connectivity index is 1.42. The molecule has 1 fully saturated rings. The first kappa shape index (κ1) is 28.3. The standard InChI is InChI=1S/C32H28BrClN2O3S/c1-20(2)18-36-31(37)29(40-32(36)35-25-13-11-24(34)12-14-25)17-21-15-27(33)30(28(16-21)38-3)39-19-23-9-6-8-22-7-4-5-10-26(22)23/h4-17,20H,18-19H2,1-3H3/b29-17-,35-32?. The van der Waals surface area contributed by atoms with Gasteiger partial charge in [-0.05, 0) is 98.0 Å². The van der Waals surface area contributed by atoms with E-state index in [4.69, 9.17) is 26.1 Å². The van der Waals surface area contributed by atoms with Crippen LogP contribution in [0.25, 0.3) is 16.8 Å². The summed E-state index contributed by atoms with van der Waals surface area (Å²) in [5, 5.41) is 3.61. The number of rotatable bonds is 8. The first-order chi connectivity index (χ1) is 19.3. The molecule has 0 bridgehead atoms. The summed E-state index contributed by atoms with van der Waals surface area (Å²) >= 11 is 11.1. The molecule has 4 aromatic rings. The van der Waals surface area contributed by atoms with Crippen LogP contribution in [0.5, 0.6) is 11.5 Å². The van der Waals surface area contributed by atoms with Gasteiger partial charge in [0, 0.05) is 11.6 Å². The van der Waals surface area contributed by atoms with Crippen molar-refractivity contribution in [2.75, 3.05) is 13.7 Å². The highest BCUT2D eigenvalue weighted by molar-refractivity contribution is 9.10. The molecule has 5 rings (SSSR count). The van der Waals surface area contributed by atoms with Gasteiger partial charge in [-0.15, -0.1) is 0 Å². The molecule has 4 aromatic carbocycles. The highest BCUT2D eigenvalue weighted by atomic mass is 79.9. The van der Waals surface area contributed by atoms with Gasteiger partial charge in [0.1, 0.15) is 6.61 Å². The van der Waals surface area contributed by atoms with E-state index < -0.39 is 0 Å². The Morgan fingerprint density at radius 1 is 1.05 bits per heavy atom. The van der Waals surface area contributed by atoms with Crippen LogP contribution in [-0.4, -0.2) is 29.6 Å². The van der Waals surface area contributed by atoms with Crippen LogP contribution < -0.4 is 9.47 Å². The lowest BCUT2D eigenvalue weighted by molar-refractivity contribution is -0.122. The molecule has 40 heavy (non-hydrogen) atoms. The third kappa shape index (κ3) is 6.38. The number of hydrogen-bond donors (Lipinski definition) is 0. The Kier molecular flexibility index (Phi) is 8.84. The number of carbonyl (C=O) groups excluding carboxylic acids is 1. The molecule has 0 unspecified atom stereocenters. The lowest BCUT2D eigenvalue weighted by atomic mass is 10.1. The van der Waals surface area contributed by atoms with Gasteiger partial charge in [0.15, 0.2) is 16.7 Å². The smallest absolute Gasteiger partial charge is 0.266 e. The quantitative estimate of drug-likeness (QED) is 0.181. The molecule has 0 atom stereocenters. The third-order valence-corrected chi connectivity index (χ3v) is 8.14. The van der Waals surface area contributed by atoms with Crippen molar-refractivity contribution in [2.45, 2.75) is 20.5 Å². The van der Waals surface area contributed by atoms with E-state index in [0.717, 1.165) is 26.7 Å². The fourth-order valence-corrected chi connectivity index (χ4v) is 6.13. The largest absolute Gasteiger partial charge is 0.493 e. The average molecular weight is 636 g/mol. The molecule has 0 radical (unpaired) electrons. The van der Waals surface area contributed by atoms with Crippen molar-refractivity contribution in [3.05, 3.63) is 104 Å². The summed E-state index contributed by atoms with van der Waals surface area (Å²) in [7, 11) is 1.61. The van der Waals surface area contributed by atoms with E-state index in [-0.39, 0.29) is 11.8 Å². The number of aliphatic imine (C=N–C) groups is 1. The molecule has 0 aliphatic carbocycles. The van der Waals surface area contributed by atoms with E-state index in [1.54, 1.807) is 24.1 Å². The van der Waals surface area contributed by atoms with Crippen molar-refractivity contribution >= 4 is 72.9 Å². The molecule has 8 heteroatoms. The number of ether oxygens (including phenoxy) is 2. The number of methoxy groups -OCH3 is 1. The van der Waals surface area contributed by atoms with E-state index in [9.17, 15) is 4.79 Å². The lowest BCUT2D eigenvalue weighted by Crippen LogP contribution is -2.32. The molecule has 204 valence electrons. The number of amidine groups is 1. The molecule has 0 N–H and O–H groups in total. The van der Waals surface area contributed by atoms with Gasteiger partial charge in [0.25, 0.3) is 5.91 Å². The number of hydrogen-bond acceptors (Lipinski definition) is 5. The maximum absolute atomic E-state index is 13.4. The summed E-state index contributed by atoms with van der Waals surface area (Å²) in [5.41, 5.74) is 2.64. The van der Waals surface area contributed by atoms with E-state index in [2.05, 4.69) is 54.0 Å². The molecule has 1 amide bonds. The van der Waals surface area contributed by atoms with Gasteiger partial charge < -0.3 is 9.47 Å². The van der Waals surface area contributed by atoms with E-state index in [1.807, 2.05) is 48.5 Å². The van der Waals surface area contributed by atoms with E-state index in [1.165, 1.54) is 17.1 Å². The van der Waals surface area contributed by atoms with Crippen molar-refractivity contribution in [3.8, 4) is 11.5 Å². The highest BCUT2D eigenvalue weighted by Gasteiger charge is 2.34. The Labute approximate surface area is 252 Å². The fourth-order valence-electron chi connectivity index (χ4n) is 4.43. The second kappa shape index (κ2) is 12.5. The van der Waals surface area contributed by atoms with Crippen LogP contribution in [0, 0.1) is 5.92 Å². The zero-order valence-electron chi connectivity index (χ0n) is 22.4. The van der Waals surface area contributed by atoms with Crippen LogP contribution >= 0.6 is 39.3 Å². The molecular weight excluding hydrogens is 608 g/mol. The Morgan fingerprint density at radius 2 is 1.80 bits per heavy atom. The first-order valence-corrected chi connectivity index (χ1v) is 14.8. The predicted octanol–water partition coefficient (Wildman–Crippen LogP) is 9.10. The maximum atomic E-state index is 13.4. The Bertz CT molecular complexity index is 1610. The maximum Gasteiger partial charge on any atom is 0.266 e. The van der Waals surface area contributed by atoms with Gasteiger partial charge in [0.05, 0.1) is 22.2 Å². The van der Waals surface area contributed by atoms with E-state index in [0.29, 0.717) is 39.7 Å². The molecular formula is C32H28BrClN2O3S. The minimum atomic E-state index is -0.0715. The second-order valence-electron chi connectivity index (χ2n) is 9.75. The number of thioether (sulfide) groups is 1. The molecule has 0 spiro atoms. The number of amides is 1. The van der Waals surface area contributed by atoms with Crippen LogP contribution in [0.2, 0.25) is 5.02 Å². The minimum Gasteiger partial charge on any atom is -0.493 e. The molecule has 0 aromatic heterocycles. The molecule has 1 saturated heterocycles. The van der Waals surface area contributed by atoms with Gasteiger partial charge in [-0.2, -0.15) is 0 Å². The van der Waals surface area contributed by atoms with Crippen LogP contribution in [0.15, 0.2) is 93.2 Å².